The molecule has 0 aromatic carbocycles. The standard InChI is InChI=1S/C24H43N3O3/c1-6-19(7-2)25-17-20-26-22(30-27-20)18(16-21(28)29)12-11-15-24(23(3,4)5)13-9-8-10-14-24/h18-19,25H,6-17H2,1-5H3,(H,28,29)/p-1. The Hall–Kier alpha value is -1.43. The molecule has 0 radical (unpaired) electrons. The molecule has 1 heterocycles. The maximum absolute atomic E-state index is 11.4. The summed E-state index contributed by atoms with van der Waals surface area (Å²) in [5.41, 5.74) is 0.603. The molecule has 0 amide bonds. The van der Waals surface area contributed by atoms with Crippen LogP contribution in [0, 0.1) is 10.8 Å². The minimum absolute atomic E-state index is 0.0654. The second-order valence-corrected chi connectivity index (χ2v) is 10.2. The molecule has 1 atom stereocenters. The Bertz CT molecular complexity index is 640. The first-order chi connectivity index (χ1) is 14.2. The lowest BCUT2D eigenvalue weighted by Crippen LogP contribution is -2.37. The van der Waals surface area contributed by atoms with Gasteiger partial charge in [0, 0.05) is 17.9 Å². The van der Waals surface area contributed by atoms with Crippen molar-refractivity contribution in [3.63, 3.8) is 0 Å². The van der Waals surface area contributed by atoms with Gasteiger partial charge in [0.05, 0.1) is 6.54 Å². The number of hydrogen-bond donors (Lipinski definition) is 1. The van der Waals surface area contributed by atoms with Gasteiger partial charge in [0.25, 0.3) is 0 Å². The lowest BCUT2D eigenvalue weighted by Gasteiger charge is -2.48. The molecule has 1 aromatic heterocycles. The quantitative estimate of drug-likeness (QED) is 0.525. The molecule has 1 unspecified atom stereocenters. The van der Waals surface area contributed by atoms with E-state index < -0.39 is 5.97 Å². The summed E-state index contributed by atoms with van der Waals surface area (Å²) in [4.78, 5) is 15.9. The Balaban J connectivity index is 2.00. The van der Waals surface area contributed by atoms with E-state index in [1.54, 1.807) is 0 Å². The largest absolute Gasteiger partial charge is 0.550 e. The Morgan fingerprint density at radius 2 is 1.87 bits per heavy atom. The molecular weight excluding hydrogens is 378 g/mol. The summed E-state index contributed by atoms with van der Waals surface area (Å²) < 4.78 is 5.47. The number of carboxylic acid groups (broad SMARTS) is 1. The van der Waals surface area contributed by atoms with E-state index in [4.69, 9.17) is 4.52 Å². The zero-order chi connectivity index (χ0) is 22.2. The summed E-state index contributed by atoms with van der Waals surface area (Å²) in [5, 5.41) is 18.9. The van der Waals surface area contributed by atoms with Crippen LogP contribution in [0.3, 0.4) is 0 Å². The average molecular weight is 421 g/mol. The average Bonchev–Trinajstić information content (AvgIpc) is 3.16. The second kappa shape index (κ2) is 11.3. The molecule has 0 aliphatic heterocycles. The lowest BCUT2D eigenvalue weighted by atomic mass is 9.57. The number of hydrogen-bond acceptors (Lipinski definition) is 6. The Labute approximate surface area is 182 Å². The number of aromatic nitrogens is 2. The van der Waals surface area contributed by atoms with Crippen molar-refractivity contribution in [3.8, 4) is 0 Å². The number of carboxylic acids is 1. The zero-order valence-electron chi connectivity index (χ0n) is 19.8. The SMILES string of the molecule is CCC(CC)NCc1noc(C(CCCC2(C(C)(C)C)CCCCC2)CC(=O)[O-])n1. The monoisotopic (exact) mass is 420 g/mol. The van der Waals surface area contributed by atoms with Crippen molar-refractivity contribution in [2.75, 3.05) is 0 Å². The third-order valence-electron chi connectivity index (χ3n) is 7.39. The van der Waals surface area contributed by atoms with E-state index in [-0.39, 0.29) is 17.8 Å². The highest BCUT2D eigenvalue weighted by Gasteiger charge is 2.41. The summed E-state index contributed by atoms with van der Waals surface area (Å²) in [7, 11) is 0. The third-order valence-corrected chi connectivity index (χ3v) is 7.39. The predicted octanol–water partition coefficient (Wildman–Crippen LogP) is 4.74. The lowest BCUT2D eigenvalue weighted by molar-refractivity contribution is -0.306. The summed E-state index contributed by atoms with van der Waals surface area (Å²) in [5.74, 6) is -0.296. The molecule has 6 heteroatoms. The molecule has 1 aliphatic carbocycles. The highest BCUT2D eigenvalue weighted by Crippen LogP contribution is 2.53. The molecule has 1 N–H and O–H groups in total. The number of carbonyl (C=O) groups excluding carboxylic acids is 1. The second-order valence-electron chi connectivity index (χ2n) is 10.2. The normalized spacial score (nSPS) is 17.9. The van der Waals surface area contributed by atoms with Gasteiger partial charge < -0.3 is 19.7 Å². The summed E-state index contributed by atoms with van der Waals surface area (Å²) in [6, 6.07) is 0.426. The fourth-order valence-corrected chi connectivity index (χ4v) is 5.12. The fourth-order valence-electron chi connectivity index (χ4n) is 5.12. The van der Waals surface area contributed by atoms with Crippen LogP contribution < -0.4 is 10.4 Å². The van der Waals surface area contributed by atoms with Crippen LogP contribution in [0.5, 0.6) is 0 Å². The van der Waals surface area contributed by atoms with Crippen LogP contribution in [0.15, 0.2) is 4.52 Å². The van der Waals surface area contributed by atoms with E-state index in [1.165, 1.54) is 32.1 Å². The summed E-state index contributed by atoms with van der Waals surface area (Å²) in [6.07, 6.45) is 11.3. The number of carbonyl (C=O) groups is 1. The van der Waals surface area contributed by atoms with Gasteiger partial charge in [-0.15, -0.1) is 0 Å². The highest BCUT2D eigenvalue weighted by atomic mass is 16.5. The smallest absolute Gasteiger partial charge is 0.230 e. The molecule has 6 nitrogen and oxygen atoms in total. The van der Waals surface area contributed by atoms with E-state index in [2.05, 4.69) is 50.1 Å². The molecule has 2 rings (SSSR count). The highest BCUT2D eigenvalue weighted by molar-refractivity contribution is 5.65. The van der Waals surface area contributed by atoms with Crippen LogP contribution in [0.2, 0.25) is 0 Å². The maximum Gasteiger partial charge on any atom is 0.230 e. The van der Waals surface area contributed by atoms with Crippen LogP contribution in [0.25, 0.3) is 0 Å². The molecule has 1 fully saturated rings. The maximum atomic E-state index is 11.4. The number of aliphatic carboxylic acids is 1. The van der Waals surface area contributed by atoms with E-state index >= 15 is 0 Å². The van der Waals surface area contributed by atoms with Crippen molar-refractivity contribution >= 4 is 5.97 Å². The molecule has 1 aliphatic rings. The van der Waals surface area contributed by atoms with E-state index in [1.807, 2.05) is 0 Å². The van der Waals surface area contributed by atoms with E-state index in [0.717, 1.165) is 32.1 Å². The minimum atomic E-state index is -1.06. The van der Waals surface area contributed by atoms with Crippen molar-refractivity contribution in [1.82, 2.24) is 15.5 Å². The van der Waals surface area contributed by atoms with E-state index in [9.17, 15) is 9.90 Å². The van der Waals surface area contributed by atoms with Gasteiger partial charge in [-0.05, 0) is 55.8 Å². The Kier molecular flexibility index (Phi) is 9.32. The van der Waals surface area contributed by atoms with Crippen LogP contribution in [0.4, 0.5) is 0 Å². The van der Waals surface area contributed by atoms with Crippen molar-refractivity contribution in [1.29, 1.82) is 0 Å². The Morgan fingerprint density at radius 1 is 1.20 bits per heavy atom. The molecule has 172 valence electrons. The van der Waals surface area contributed by atoms with Crippen molar-refractivity contribution in [3.05, 3.63) is 11.7 Å². The first-order valence-corrected chi connectivity index (χ1v) is 12.0. The topological polar surface area (TPSA) is 91.1 Å². The number of rotatable bonds is 12. The van der Waals surface area contributed by atoms with Crippen molar-refractivity contribution in [2.45, 2.75) is 124 Å². The minimum Gasteiger partial charge on any atom is -0.550 e. The number of nitrogens with one attached hydrogen (secondary N) is 1. The van der Waals surface area contributed by atoms with Crippen LogP contribution in [0.1, 0.15) is 123 Å². The van der Waals surface area contributed by atoms with Gasteiger partial charge >= 0.3 is 0 Å². The number of nitrogens with zero attached hydrogens (tertiary/aromatic N) is 2. The van der Waals surface area contributed by atoms with Crippen molar-refractivity contribution in [2.24, 2.45) is 10.8 Å². The fraction of sp³-hybridized carbons (Fsp3) is 0.875. The van der Waals surface area contributed by atoms with Crippen LogP contribution >= 0.6 is 0 Å². The first kappa shape index (κ1) is 24.8. The third kappa shape index (κ3) is 6.79. The van der Waals surface area contributed by atoms with E-state index in [0.29, 0.717) is 29.7 Å². The molecule has 1 aromatic rings. The van der Waals surface area contributed by atoms with Gasteiger partial charge in [0.15, 0.2) is 5.82 Å². The van der Waals surface area contributed by atoms with Gasteiger partial charge in [-0.25, -0.2) is 0 Å². The van der Waals surface area contributed by atoms with Gasteiger partial charge in [-0.2, -0.15) is 4.98 Å². The van der Waals surface area contributed by atoms with Gasteiger partial charge in [0.2, 0.25) is 5.89 Å². The summed E-state index contributed by atoms with van der Waals surface area (Å²) >= 11 is 0. The first-order valence-electron chi connectivity index (χ1n) is 12.0. The Morgan fingerprint density at radius 3 is 2.43 bits per heavy atom. The van der Waals surface area contributed by atoms with Gasteiger partial charge in [-0.1, -0.05) is 65.5 Å². The zero-order valence-corrected chi connectivity index (χ0v) is 19.8. The molecule has 0 saturated heterocycles. The van der Waals surface area contributed by atoms with Crippen LogP contribution in [-0.4, -0.2) is 22.2 Å². The van der Waals surface area contributed by atoms with Gasteiger partial charge in [-0.3, -0.25) is 0 Å². The predicted molar refractivity (Wildman–Crippen MR) is 117 cm³/mol. The molecule has 1 saturated carbocycles. The molecule has 0 spiro atoms. The van der Waals surface area contributed by atoms with Crippen molar-refractivity contribution < 1.29 is 14.4 Å². The van der Waals surface area contributed by atoms with Gasteiger partial charge in [0.1, 0.15) is 0 Å². The molecule has 30 heavy (non-hydrogen) atoms. The molecular formula is C24H42N3O3-. The summed E-state index contributed by atoms with van der Waals surface area (Å²) in [6.45, 7) is 11.9. The van der Waals surface area contributed by atoms with Crippen LogP contribution in [-0.2, 0) is 11.3 Å². The molecule has 0 bridgehead atoms.